The average Bonchev–Trinajstić information content (AvgIpc) is 3.16. The number of pyridine rings is 1. The zero-order valence-electron chi connectivity index (χ0n) is 13.5. The van der Waals surface area contributed by atoms with Crippen LogP contribution in [0.5, 0.6) is 0 Å². The van der Waals surface area contributed by atoms with E-state index in [2.05, 4.69) is 40.8 Å². The predicted molar refractivity (Wildman–Crippen MR) is 94.9 cm³/mol. The van der Waals surface area contributed by atoms with Crippen molar-refractivity contribution in [3.05, 3.63) is 65.2 Å². The minimum absolute atomic E-state index is 0.273. The van der Waals surface area contributed by atoms with Gasteiger partial charge in [-0.2, -0.15) is 0 Å². The fraction of sp³-hybridized carbons (Fsp3) is 0.190. The molecule has 0 saturated heterocycles. The monoisotopic (exact) mass is 315 g/mol. The van der Waals surface area contributed by atoms with Gasteiger partial charge in [-0.15, -0.1) is 0 Å². The third-order valence-corrected chi connectivity index (χ3v) is 5.19. The van der Waals surface area contributed by atoms with Gasteiger partial charge in [-0.1, -0.05) is 36.4 Å². The van der Waals surface area contributed by atoms with Crippen LogP contribution in [0.1, 0.15) is 27.9 Å². The molecule has 3 heterocycles. The van der Waals surface area contributed by atoms with E-state index in [1.54, 1.807) is 0 Å². The molecule has 0 spiro atoms. The van der Waals surface area contributed by atoms with E-state index in [0.29, 0.717) is 5.56 Å². The lowest BCUT2D eigenvalue weighted by Gasteiger charge is -2.15. The van der Waals surface area contributed by atoms with Gasteiger partial charge >= 0.3 is 5.97 Å². The maximum Gasteiger partial charge on any atom is 0.340 e. The number of benzene rings is 1. The number of carbonyl (C=O) groups excluding carboxylic acids is 1. The number of aryl methyl sites for hydroxylation is 2. The Kier molecular flexibility index (Phi) is 2.75. The normalized spacial score (nSPS) is 13.7. The largest absolute Gasteiger partial charge is 0.465 e. The molecule has 3 heteroatoms. The highest BCUT2D eigenvalue weighted by atomic mass is 16.5. The van der Waals surface area contributed by atoms with Gasteiger partial charge in [0.25, 0.3) is 0 Å². The summed E-state index contributed by atoms with van der Waals surface area (Å²) in [6.45, 7) is 0. The number of hydrogen-bond donors (Lipinski definition) is 0. The zero-order valence-corrected chi connectivity index (χ0v) is 13.5. The summed E-state index contributed by atoms with van der Waals surface area (Å²) in [5.74, 6) is -0.273. The first-order valence-electron chi connectivity index (χ1n) is 8.34. The van der Waals surface area contributed by atoms with E-state index in [1.165, 1.54) is 41.3 Å². The lowest BCUT2D eigenvalue weighted by atomic mass is 9.91. The number of nitrogens with zero attached hydrogens (tertiary/aromatic N) is 1. The van der Waals surface area contributed by atoms with E-state index in [9.17, 15) is 4.79 Å². The lowest BCUT2D eigenvalue weighted by Crippen LogP contribution is -2.04. The summed E-state index contributed by atoms with van der Waals surface area (Å²) in [6, 6.07) is 16.7. The molecule has 0 N–H and O–H groups in total. The van der Waals surface area contributed by atoms with Crippen molar-refractivity contribution in [2.24, 2.45) is 0 Å². The summed E-state index contributed by atoms with van der Waals surface area (Å²) in [4.78, 5) is 12.2. The third-order valence-electron chi connectivity index (χ3n) is 5.19. The highest BCUT2D eigenvalue weighted by Crippen LogP contribution is 2.42. The minimum atomic E-state index is -0.273. The second kappa shape index (κ2) is 4.84. The van der Waals surface area contributed by atoms with Gasteiger partial charge in [-0.3, -0.25) is 0 Å². The minimum Gasteiger partial charge on any atom is -0.465 e. The Balaban J connectivity index is 1.96. The second-order valence-corrected chi connectivity index (χ2v) is 6.44. The fourth-order valence-electron chi connectivity index (χ4n) is 4.22. The molecule has 24 heavy (non-hydrogen) atoms. The Morgan fingerprint density at radius 3 is 2.67 bits per heavy atom. The number of hydrogen-bond acceptors (Lipinski definition) is 2. The SMILES string of the molecule is COC(=O)c1cc2c(-c3ccccc3)c3c4c(ccc1n24)CCC3. The van der Waals surface area contributed by atoms with Crippen molar-refractivity contribution < 1.29 is 9.53 Å². The second-order valence-electron chi connectivity index (χ2n) is 6.44. The zero-order chi connectivity index (χ0) is 16.3. The first kappa shape index (κ1) is 13.6. The van der Waals surface area contributed by atoms with E-state index >= 15 is 0 Å². The Morgan fingerprint density at radius 2 is 1.88 bits per heavy atom. The van der Waals surface area contributed by atoms with Crippen LogP contribution in [0, 0.1) is 0 Å². The molecular formula is C21H17NO2. The molecule has 0 atom stereocenters. The highest BCUT2D eigenvalue weighted by Gasteiger charge is 2.27. The summed E-state index contributed by atoms with van der Waals surface area (Å²) < 4.78 is 7.25. The van der Waals surface area contributed by atoms with Crippen molar-refractivity contribution >= 4 is 22.5 Å². The van der Waals surface area contributed by atoms with E-state index in [0.717, 1.165) is 23.9 Å². The van der Waals surface area contributed by atoms with Gasteiger partial charge < -0.3 is 9.14 Å². The molecule has 0 radical (unpaired) electrons. The molecule has 1 aliphatic carbocycles. The molecule has 4 aromatic rings. The number of aromatic nitrogens is 1. The molecule has 0 saturated carbocycles. The van der Waals surface area contributed by atoms with Crippen LogP contribution in [0.4, 0.5) is 0 Å². The third kappa shape index (κ3) is 1.64. The van der Waals surface area contributed by atoms with Crippen molar-refractivity contribution in [2.45, 2.75) is 19.3 Å². The van der Waals surface area contributed by atoms with Gasteiger partial charge in [-0.05, 0) is 48.1 Å². The van der Waals surface area contributed by atoms with Gasteiger partial charge in [0.05, 0.1) is 29.2 Å². The van der Waals surface area contributed by atoms with E-state index in [4.69, 9.17) is 4.74 Å². The number of esters is 1. The number of ether oxygens (including phenoxy) is 1. The summed E-state index contributed by atoms with van der Waals surface area (Å²) >= 11 is 0. The number of methoxy groups -OCH3 is 1. The molecule has 0 fully saturated rings. The van der Waals surface area contributed by atoms with Crippen molar-refractivity contribution in [3.63, 3.8) is 0 Å². The molecule has 3 aromatic heterocycles. The van der Waals surface area contributed by atoms with Crippen LogP contribution in [-0.2, 0) is 17.6 Å². The standard InChI is InChI=1S/C21H17NO2/c1-24-21(23)16-12-18-19(13-6-3-2-4-7-13)15-9-5-8-14-10-11-17(16)22(18)20(14)15/h2-4,6-7,10-12H,5,8-9H2,1H3. The van der Waals surface area contributed by atoms with E-state index in [-0.39, 0.29) is 5.97 Å². The van der Waals surface area contributed by atoms with Crippen LogP contribution >= 0.6 is 0 Å². The molecule has 0 bridgehead atoms. The summed E-state index contributed by atoms with van der Waals surface area (Å²) in [7, 11) is 1.44. The van der Waals surface area contributed by atoms with Crippen LogP contribution in [0.3, 0.4) is 0 Å². The summed E-state index contributed by atoms with van der Waals surface area (Å²) in [6.07, 6.45) is 3.37. The summed E-state index contributed by atoms with van der Waals surface area (Å²) in [5, 5.41) is 0. The van der Waals surface area contributed by atoms with Gasteiger partial charge in [0, 0.05) is 5.56 Å². The molecule has 3 nitrogen and oxygen atoms in total. The maximum atomic E-state index is 12.2. The first-order valence-corrected chi connectivity index (χ1v) is 8.34. The van der Waals surface area contributed by atoms with Crippen molar-refractivity contribution in [3.8, 4) is 11.1 Å². The topological polar surface area (TPSA) is 30.7 Å². The predicted octanol–water partition coefficient (Wildman–Crippen LogP) is 4.47. The molecule has 1 aliphatic rings. The van der Waals surface area contributed by atoms with Gasteiger partial charge in [0.1, 0.15) is 0 Å². The molecule has 0 aliphatic heterocycles. The smallest absolute Gasteiger partial charge is 0.340 e. The Morgan fingerprint density at radius 1 is 1.04 bits per heavy atom. The highest BCUT2D eigenvalue weighted by molar-refractivity contribution is 6.06. The van der Waals surface area contributed by atoms with Crippen molar-refractivity contribution in [2.75, 3.05) is 7.11 Å². The fourth-order valence-corrected chi connectivity index (χ4v) is 4.22. The molecule has 5 rings (SSSR count). The van der Waals surface area contributed by atoms with E-state index in [1.807, 2.05) is 12.1 Å². The number of carbonyl (C=O) groups is 1. The molecule has 0 amide bonds. The lowest BCUT2D eigenvalue weighted by molar-refractivity contribution is 0.0603. The summed E-state index contributed by atoms with van der Waals surface area (Å²) in [5.41, 5.74) is 9.28. The van der Waals surface area contributed by atoms with Gasteiger partial charge in [-0.25, -0.2) is 4.79 Å². The molecule has 0 unspecified atom stereocenters. The average molecular weight is 315 g/mol. The molecule has 1 aromatic carbocycles. The van der Waals surface area contributed by atoms with Crippen LogP contribution in [0.2, 0.25) is 0 Å². The molecule has 118 valence electrons. The number of rotatable bonds is 2. The van der Waals surface area contributed by atoms with Crippen LogP contribution in [0.15, 0.2) is 48.5 Å². The Bertz CT molecular complexity index is 1080. The molecular weight excluding hydrogens is 298 g/mol. The van der Waals surface area contributed by atoms with Crippen LogP contribution in [0.25, 0.3) is 27.7 Å². The Hall–Kier alpha value is -2.81. The van der Waals surface area contributed by atoms with Gasteiger partial charge in [0.2, 0.25) is 0 Å². The van der Waals surface area contributed by atoms with Gasteiger partial charge in [0.15, 0.2) is 0 Å². The first-order chi connectivity index (χ1) is 11.8. The van der Waals surface area contributed by atoms with Crippen molar-refractivity contribution in [1.82, 2.24) is 4.40 Å². The van der Waals surface area contributed by atoms with Crippen LogP contribution < -0.4 is 0 Å². The van der Waals surface area contributed by atoms with Crippen LogP contribution in [-0.4, -0.2) is 17.5 Å². The van der Waals surface area contributed by atoms with Crippen molar-refractivity contribution in [1.29, 1.82) is 0 Å². The Labute approximate surface area is 139 Å². The van der Waals surface area contributed by atoms with E-state index < -0.39 is 0 Å². The maximum absolute atomic E-state index is 12.2. The quantitative estimate of drug-likeness (QED) is 0.511.